The topological polar surface area (TPSA) is 63.6 Å². The first kappa shape index (κ1) is 29.3. The molecule has 0 aliphatic rings. The van der Waals surface area contributed by atoms with Crippen molar-refractivity contribution < 1.29 is 0 Å². The lowest BCUT2D eigenvalue weighted by Crippen LogP contribution is -2.38. The van der Waals surface area contributed by atoms with Crippen LogP contribution in [0.4, 0.5) is 0 Å². The Bertz CT molecular complexity index is 2340. The number of H-pyrrole nitrogens is 1. The number of benzene rings is 5. The Morgan fingerprint density at radius 1 is 0.688 bits per heavy atom. The molecule has 1 atom stereocenters. The van der Waals surface area contributed by atoms with Gasteiger partial charge in [-0.3, -0.25) is 9.78 Å². The molecule has 8 rings (SSSR count). The highest BCUT2D eigenvalue weighted by molar-refractivity contribution is 6.02. The fourth-order valence-corrected chi connectivity index (χ4v) is 7.14. The lowest BCUT2D eigenvalue weighted by atomic mass is 9.77. The van der Waals surface area contributed by atoms with Gasteiger partial charge < -0.3 is 4.98 Å². The Balaban J connectivity index is 1.50. The maximum atomic E-state index is 13.7. The predicted molar refractivity (Wildman–Crippen MR) is 194 cm³/mol. The summed E-state index contributed by atoms with van der Waals surface area (Å²) in [5.74, 6) is -0.0676. The number of hydrogen-bond donors (Lipinski definition) is 1. The number of nitrogens with zero attached hydrogens (tertiary/aromatic N) is 3. The van der Waals surface area contributed by atoms with E-state index < -0.39 is 5.54 Å². The van der Waals surface area contributed by atoms with Gasteiger partial charge in [-0.15, -0.1) is 0 Å². The highest BCUT2D eigenvalue weighted by Gasteiger charge is 2.41. The van der Waals surface area contributed by atoms with Crippen molar-refractivity contribution in [2.75, 3.05) is 0 Å². The monoisotopic (exact) mass is 622 g/mol. The van der Waals surface area contributed by atoms with Crippen molar-refractivity contribution in [3.05, 3.63) is 202 Å². The Morgan fingerprint density at radius 2 is 1.25 bits per heavy atom. The van der Waals surface area contributed by atoms with Gasteiger partial charge in [0.1, 0.15) is 11.2 Å². The second-order valence-electron chi connectivity index (χ2n) is 12.4. The van der Waals surface area contributed by atoms with Crippen LogP contribution in [0.1, 0.15) is 46.4 Å². The maximum absolute atomic E-state index is 13.7. The molecule has 0 saturated carbocycles. The average molecular weight is 623 g/mol. The Hall–Kier alpha value is -6.07. The average Bonchev–Trinajstić information content (AvgIpc) is 3.50. The van der Waals surface area contributed by atoms with Crippen LogP contribution in [0.5, 0.6) is 0 Å². The molecule has 5 heteroatoms. The summed E-state index contributed by atoms with van der Waals surface area (Å²) in [4.78, 5) is 21.4. The van der Waals surface area contributed by atoms with Crippen LogP contribution in [0.15, 0.2) is 163 Å². The van der Waals surface area contributed by atoms with Crippen molar-refractivity contribution in [2.24, 2.45) is 0 Å². The van der Waals surface area contributed by atoms with Crippen LogP contribution in [-0.2, 0) is 5.54 Å². The molecular formula is C43H34N4O. The quantitative estimate of drug-likeness (QED) is 0.180. The molecule has 0 bridgehead atoms. The van der Waals surface area contributed by atoms with Gasteiger partial charge in [-0.05, 0) is 64.9 Å². The van der Waals surface area contributed by atoms with Crippen LogP contribution in [0, 0.1) is 6.92 Å². The molecule has 3 aromatic heterocycles. The minimum Gasteiger partial charge on any atom is -0.322 e. The van der Waals surface area contributed by atoms with Crippen molar-refractivity contribution in [3.63, 3.8) is 0 Å². The number of fused-ring (bicyclic) bond motifs is 2. The third kappa shape index (κ3) is 4.83. The van der Waals surface area contributed by atoms with Crippen molar-refractivity contribution in [1.82, 2.24) is 19.7 Å². The third-order valence-electron chi connectivity index (χ3n) is 9.50. The molecule has 1 N–H and O–H groups in total. The van der Waals surface area contributed by atoms with Gasteiger partial charge in [-0.2, -0.15) is 5.10 Å². The molecule has 48 heavy (non-hydrogen) atoms. The summed E-state index contributed by atoms with van der Waals surface area (Å²) in [7, 11) is 0. The van der Waals surface area contributed by atoms with Crippen molar-refractivity contribution in [3.8, 4) is 11.3 Å². The summed E-state index contributed by atoms with van der Waals surface area (Å²) in [6.07, 6.45) is 1.84. The smallest absolute Gasteiger partial charge is 0.252 e. The SMILES string of the molecule is Cc1cc(-c2nn(C(c3ccccc3)(c3ccccc3)c3ccccc3)c3cc4[nH]c(=O)c(C(C)c5ccccc5)cc4cc23)ccn1. The van der Waals surface area contributed by atoms with E-state index in [0.717, 1.165) is 66.6 Å². The third-order valence-corrected chi connectivity index (χ3v) is 9.50. The Kier molecular flexibility index (Phi) is 7.30. The maximum Gasteiger partial charge on any atom is 0.252 e. The van der Waals surface area contributed by atoms with Crippen LogP contribution in [0.2, 0.25) is 0 Å². The van der Waals surface area contributed by atoms with E-state index in [2.05, 4.69) is 125 Å². The van der Waals surface area contributed by atoms with Crippen LogP contribution >= 0.6 is 0 Å². The zero-order chi connectivity index (χ0) is 32.7. The van der Waals surface area contributed by atoms with E-state index in [9.17, 15) is 4.79 Å². The number of aromatic nitrogens is 4. The lowest BCUT2D eigenvalue weighted by molar-refractivity contribution is 0.477. The molecule has 0 amide bonds. The molecule has 5 nitrogen and oxygen atoms in total. The van der Waals surface area contributed by atoms with Crippen molar-refractivity contribution in [2.45, 2.75) is 25.3 Å². The molecule has 0 spiro atoms. The van der Waals surface area contributed by atoms with Gasteiger partial charge in [0, 0.05) is 34.3 Å². The van der Waals surface area contributed by atoms with Gasteiger partial charge in [0.25, 0.3) is 5.56 Å². The summed E-state index contributed by atoms with van der Waals surface area (Å²) in [5.41, 5.74) is 8.55. The van der Waals surface area contributed by atoms with Crippen LogP contribution < -0.4 is 5.56 Å². The molecule has 0 saturated heterocycles. The summed E-state index contributed by atoms with van der Waals surface area (Å²) in [5, 5.41) is 7.50. The summed E-state index contributed by atoms with van der Waals surface area (Å²) >= 11 is 0. The normalized spacial score (nSPS) is 12.4. The number of pyridine rings is 2. The summed E-state index contributed by atoms with van der Waals surface area (Å²) < 4.78 is 2.16. The van der Waals surface area contributed by atoms with Crippen LogP contribution in [0.3, 0.4) is 0 Å². The van der Waals surface area contributed by atoms with E-state index >= 15 is 0 Å². The molecule has 1 unspecified atom stereocenters. The second-order valence-corrected chi connectivity index (χ2v) is 12.4. The molecule has 3 heterocycles. The van der Waals surface area contributed by atoms with Gasteiger partial charge in [-0.1, -0.05) is 128 Å². The number of aryl methyl sites for hydroxylation is 1. The van der Waals surface area contributed by atoms with E-state index in [1.807, 2.05) is 61.7 Å². The molecule has 0 aliphatic heterocycles. The Morgan fingerprint density at radius 3 is 1.81 bits per heavy atom. The second kappa shape index (κ2) is 11.9. The first-order valence-corrected chi connectivity index (χ1v) is 16.3. The van der Waals surface area contributed by atoms with Crippen molar-refractivity contribution in [1.29, 1.82) is 0 Å². The number of nitrogens with one attached hydrogen (secondary N) is 1. The van der Waals surface area contributed by atoms with E-state index in [4.69, 9.17) is 5.10 Å². The number of hydrogen-bond acceptors (Lipinski definition) is 3. The van der Waals surface area contributed by atoms with E-state index in [1.54, 1.807) is 0 Å². The first-order valence-electron chi connectivity index (χ1n) is 16.3. The summed E-state index contributed by atoms with van der Waals surface area (Å²) in [6.45, 7) is 4.09. The van der Waals surface area contributed by atoms with Gasteiger partial charge >= 0.3 is 0 Å². The minimum atomic E-state index is -0.835. The van der Waals surface area contributed by atoms with Gasteiger partial charge in [0.2, 0.25) is 0 Å². The number of aromatic amines is 1. The molecule has 8 aromatic rings. The van der Waals surface area contributed by atoms with Crippen LogP contribution in [0.25, 0.3) is 33.1 Å². The fourth-order valence-electron chi connectivity index (χ4n) is 7.14. The predicted octanol–water partition coefficient (Wildman–Crippen LogP) is 9.24. The van der Waals surface area contributed by atoms with E-state index in [-0.39, 0.29) is 11.5 Å². The molecule has 232 valence electrons. The molecule has 0 fully saturated rings. The zero-order valence-electron chi connectivity index (χ0n) is 26.8. The van der Waals surface area contributed by atoms with Crippen LogP contribution in [-0.4, -0.2) is 19.7 Å². The molecular weight excluding hydrogens is 589 g/mol. The van der Waals surface area contributed by atoms with Gasteiger partial charge in [0.15, 0.2) is 0 Å². The molecule has 0 aliphatic carbocycles. The standard InChI is InChI=1S/C43H34N4O/c1-29-25-32(23-24-44-29)41-38-27-33-26-37(30(2)31-15-7-3-8-16-31)42(48)45-39(33)28-40(38)47(46-41)43(34-17-9-4-10-18-34,35-19-11-5-12-20-35)36-21-13-6-14-22-36/h3-28,30H,1-2H3,(H,45,48). The largest absolute Gasteiger partial charge is 0.322 e. The minimum absolute atomic E-state index is 0.0676. The zero-order valence-corrected chi connectivity index (χ0v) is 26.8. The van der Waals surface area contributed by atoms with E-state index in [1.165, 1.54) is 0 Å². The highest BCUT2D eigenvalue weighted by atomic mass is 16.1. The van der Waals surface area contributed by atoms with Crippen molar-refractivity contribution >= 4 is 21.8 Å². The van der Waals surface area contributed by atoms with Gasteiger partial charge in [-0.25, -0.2) is 4.68 Å². The highest BCUT2D eigenvalue weighted by Crippen LogP contribution is 2.44. The molecule has 0 radical (unpaired) electrons. The molecule has 5 aromatic carbocycles. The fraction of sp³-hybridized carbons (Fsp3) is 0.0930. The Labute approximate surface area is 279 Å². The first-order chi connectivity index (χ1) is 23.5. The van der Waals surface area contributed by atoms with Gasteiger partial charge in [0.05, 0.1) is 11.0 Å². The summed E-state index contributed by atoms with van der Waals surface area (Å²) in [6, 6.07) is 52.2. The number of rotatable bonds is 7. The lowest BCUT2D eigenvalue weighted by Gasteiger charge is -2.37. The van der Waals surface area contributed by atoms with E-state index in [0.29, 0.717) is 0 Å².